The van der Waals surface area contributed by atoms with Crippen molar-refractivity contribution < 1.29 is 9.53 Å². The number of carbonyl (C=O) groups is 1. The summed E-state index contributed by atoms with van der Waals surface area (Å²) in [4.78, 5) is 15.1. The van der Waals surface area contributed by atoms with Gasteiger partial charge in [-0.15, -0.1) is 0 Å². The van der Waals surface area contributed by atoms with E-state index < -0.39 is 0 Å². The maximum absolute atomic E-state index is 12.8. The SMILES string of the molecule is CC(C)OC(=O)C(C(C)C)N(c1ccccc1)C1CCCCC1. The normalized spacial score (nSPS) is 17.3. The van der Waals surface area contributed by atoms with Crippen molar-refractivity contribution in [1.29, 1.82) is 0 Å². The first-order valence-electron chi connectivity index (χ1n) is 9.04. The highest BCUT2D eigenvalue weighted by atomic mass is 16.5. The van der Waals surface area contributed by atoms with Gasteiger partial charge in [0.05, 0.1) is 6.10 Å². The molecule has 0 heterocycles. The van der Waals surface area contributed by atoms with Crippen LogP contribution >= 0.6 is 0 Å². The van der Waals surface area contributed by atoms with Gasteiger partial charge in [0, 0.05) is 11.7 Å². The molecule has 23 heavy (non-hydrogen) atoms. The Kier molecular flexibility index (Phi) is 6.49. The summed E-state index contributed by atoms with van der Waals surface area (Å²) in [7, 11) is 0. The summed E-state index contributed by atoms with van der Waals surface area (Å²) < 4.78 is 5.59. The fourth-order valence-corrected chi connectivity index (χ4v) is 3.57. The third kappa shape index (κ3) is 4.73. The predicted octanol–water partition coefficient (Wildman–Crippen LogP) is 4.80. The molecule has 0 bridgehead atoms. The van der Waals surface area contributed by atoms with Gasteiger partial charge in [0.1, 0.15) is 6.04 Å². The first-order valence-corrected chi connectivity index (χ1v) is 9.04. The van der Waals surface area contributed by atoms with Crippen LogP contribution in [0.25, 0.3) is 0 Å². The van der Waals surface area contributed by atoms with E-state index in [1.165, 1.54) is 19.3 Å². The number of para-hydroxylation sites is 1. The second-order valence-corrected chi connectivity index (χ2v) is 7.21. The Morgan fingerprint density at radius 3 is 2.17 bits per heavy atom. The minimum Gasteiger partial charge on any atom is -0.461 e. The fraction of sp³-hybridized carbons (Fsp3) is 0.650. The molecule has 3 nitrogen and oxygen atoms in total. The number of hydrogen-bond donors (Lipinski definition) is 0. The molecule has 1 aromatic carbocycles. The number of hydrogen-bond acceptors (Lipinski definition) is 3. The Bertz CT molecular complexity index is 478. The monoisotopic (exact) mass is 317 g/mol. The van der Waals surface area contributed by atoms with Crippen LogP contribution in [0.5, 0.6) is 0 Å². The smallest absolute Gasteiger partial charge is 0.329 e. The van der Waals surface area contributed by atoms with Gasteiger partial charge in [-0.05, 0) is 44.7 Å². The third-order valence-electron chi connectivity index (χ3n) is 4.55. The predicted molar refractivity (Wildman–Crippen MR) is 95.6 cm³/mol. The zero-order valence-corrected chi connectivity index (χ0v) is 15.0. The van der Waals surface area contributed by atoms with E-state index in [0.717, 1.165) is 18.5 Å². The van der Waals surface area contributed by atoms with Crippen LogP contribution in [0, 0.1) is 5.92 Å². The van der Waals surface area contributed by atoms with Gasteiger partial charge in [0.2, 0.25) is 0 Å². The molecule has 1 fully saturated rings. The van der Waals surface area contributed by atoms with Crippen LogP contribution in [0.15, 0.2) is 30.3 Å². The zero-order valence-electron chi connectivity index (χ0n) is 15.0. The van der Waals surface area contributed by atoms with Crippen molar-refractivity contribution >= 4 is 11.7 Å². The summed E-state index contributed by atoms with van der Waals surface area (Å²) in [6, 6.07) is 10.6. The summed E-state index contributed by atoms with van der Waals surface area (Å²) >= 11 is 0. The van der Waals surface area contributed by atoms with Crippen molar-refractivity contribution in [2.24, 2.45) is 5.92 Å². The highest BCUT2D eigenvalue weighted by Gasteiger charge is 2.35. The molecule has 0 aliphatic heterocycles. The van der Waals surface area contributed by atoms with Crippen LogP contribution in [0.1, 0.15) is 59.8 Å². The molecule has 1 aromatic rings. The van der Waals surface area contributed by atoms with Crippen LogP contribution in [-0.2, 0) is 9.53 Å². The molecular weight excluding hydrogens is 286 g/mol. The number of benzene rings is 1. The number of esters is 1. The van der Waals surface area contributed by atoms with Gasteiger partial charge in [-0.25, -0.2) is 4.79 Å². The lowest BCUT2D eigenvalue weighted by atomic mass is 9.90. The van der Waals surface area contributed by atoms with Gasteiger partial charge >= 0.3 is 5.97 Å². The Balaban J connectivity index is 2.34. The average Bonchev–Trinajstić information content (AvgIpc) is 2.53. The van der Waals surface area contributed by atoms with Crippen LogP contribution in [0.4, 0.5) is 5.69 Å². The molecule has 1 atom stereocenters. The van der Waals surface area contributed by atoms with Gasteiger partial charge < -0.3 is 9.64 Å². The quantitative estimate of drug-likeness (QED) is 0.706. The van der Waals surface area contributed by atoms with Gasteiger partial charge in [-0.1, -0.05) is 51.3 Å². The Morgan fingerprint density at radius 1 is 1.04 bits per heavy atom. The average molecular weight is 317 g/mol. The standard InChI is InChI=1S/C20H31NO2/c1-15(2)19(20(22)23-16(3)4)21(17-11-7-5-8-12-17)18-13-9-6-10-14-18/h5,7-8,11-12,15-16,18-19H,6,9-10,13-14H2,1-4H3. The van der Waals surface area contributed by atoms with Crippen molar-refractivity contribution in [2.75, 3.05) is 4.90 Å². The first-order chi connectivity index (χ1) is 11.0. The van der Waals surface area contributed by atoms with E-state index in [4.69, 9.17) is 4.74 Å². The highest BCUT2D eigenvalue weighted by Crippen LogP contribution is 2.31. The highest BCUT2D eigenvalue weighted by molar-refractivity contribution is 5.81. The minimum absolute atomic E-state index is 0.0762. The van der Waals surface area contributed by atoms with Crippen molar-refractivity contribution in [3.05, 3.63) is 30.3 Å². The van der Waals surface area contributed by atoms with E-state index in [1.807, 2.05) is 19.9 Å². The Labute approximate surface area is 141 Å². The van der Waals surface area contributed by atoms with E-state index in [0.29, 0.717) is 6.04 Å². The summed E-state index contributed by atoms with van der Waals surface area (Å²) in [5.74, 6) is 0.118. The molecule has 2 rings (SSSR count). The topological polar surface area (TPSA) is 29.5 Å². The maximum Gasteiger partial charge on any atom is 0.329 e. The molecule has 0 N–H and O–H groups in total. The lowest BCUT2D eigenvalue weighted by molar-refractivity contribution is -0.150. The van der Waals surface area contributed by atoms with Gasteiger partial charge in [0.25, 0.3) is 0 Å². The maximum atomic E-state index is 12.8. The number of carbonyl (C=O) groups excluding carboxylic acids is 1. The van der Waals surface area contributed by atoms with E-state index in [2.05, 4.69) is 43.0 Å². The minimum atomic E-state index is -0.220. The van der Waals surface area contributed by atoms with Gasteiger partial charge in [0.15, 0.2) is 0 Å². The van der Waals surface area contributed by atoms with E-state index >= 15 is 0 Å². The summed E-state index contributed by atoms with van der Waals surface area (Å²) in [6.45, 7) is 8.07. The second-order valence-electron chi connectivity index (χ2n) is 7.21. The number of anilines is 1. The van der Waals surface area contributed by atoms with Crippen molar-refractivity contribution in [1.82, 2.24) is 0 Å². The van der Waals surface area contributed by atoms with Crippen LogP contribution in [-0.4, -0.2) is 24.2 Å². The molecule has 0 radical (unpaired) electrons. The van der Waals surface area contributed by atoms with Crippen molar-refractivity contribution in [2.45, 2.75) is 78.0 Å². The van der Waals surface area contributed by atoms with Crippen molar-refractivity contribution in [3.8, 4) is 0 Å². The number of nitrogens with zero attached hydrogens (tertiary/aromatic N) is 1. The lowest BCUT2D eigenvalue weighted by Crippen LogP contribution is -2.52. The first kappa shape index (κ1) is 17.8. The fourth-order valence-electron chi connectivity index (χ4n) is 3.57. The Hall–Kier alpha value is -1.51. The number of rotatable bonds is 6. The molecular formula is C20H31NO2. The molecule has 0 spiro atoms. The summed E-state index contributed by atoms with van der Waals surface area (Å²) in [5.41, 5.74) is 1.14. The zero-order chi connectivity index (χ0) is 16.8. The van der Waals surface area contributed by atoms with Crippen molar-refractivity contribution in [3.63, 3.8) is 0 Å². The molecule has 0 saturated heterocycles. The third-order valence-corrected chi connectivity index (χ3v) is 4.55. The molecule has 1 aliphatic carbocycles. The van der Waals surface area contributed by atoms with Gasteiger partial charge in [-0.2, -0.15) is 0 Å². The van der Waals surface area contributed by atoms with Crippen LogP contribution in [0.3, 0.4) is 0 Å². The number of ether oxygens (including phenoxy) is 1. The second kappa shape index (κ2) is 8.37. The van der Waals surface area contributed by atoms with E-state index in [-0.39, 0.29) is 24.0 Å². The molecule has 1 saturated carbocycles. The molecule has 1 aliphatic rings. The largest absolute Gasteiger partial charge is 0.461 e. The summed E-state index contributed by atoms with van der Waals surface area (Å²) in [6.07, 6.45) is 6.05. The van der Waals surface area contributed by atoms with Gasteiger partial charge in [-0.3, -0.25) is 0 Å². The van der Waals surface area contributed by atoms with Crippen LogP contribution < -0.4 is 4.90 Å². The summed E-state index contributed by atoms with van der Waals surface area (Å²) in [5, 5.41) is 0. The molecule has 128 valence electrons. The van der Waals surface area contributed by atoms with E-state index in [9.17, 15) is 4.79 Å². The molecule has 3 heteroatoms. The molecule has 0 amide bonds. The van der Waals surface area contributed by atoms with Crippen LogP contribution in [0.2, 0.25) is 0 Å². The lowest BCUT2D eigenvalue weighted by Gasteiger charge is -2.42. The molecule has 0 aromatic heterocycles. The molecule has 1 unspecified atom stereocenters. The van der Waals surface area contributed by atoms with E-state index in [1.54, 1.807) is 0 Å². The Morgan fingerprint density at radius 2 is 1.65 bits per heavy atom.